The summed E-state index contributed by atoms with van der Waals surface area (Å²) in [6.45, 7) is 0. The fourth-order valence-corrected chi connectivity index (χ4v) is 1.47. The van der Waals surface area contributed by atoms with Crippen LogP contribution in [0, 0.1) is 0 Å². The molecule has 1 aromatic rings. The van der Waals surface area contributed by atoms with Gasteiger partial charge in [0.1, 0.15) is 5.71 Å². The van der Waals surface area contributed by atoms with Crippen molar-refractivity contribution >= 4 is 5.71 Å². The van der Waals surface area contributed by atoms with Crippen LogP contribution in [-0.2, 0) is 0 Å². The summed E-state index contributed by atoms with van der Waals surface area (Å²) in [4.78, 5) is 0. The van der Waals surface area contributed by atoms with Crippen LogP contribution in [0.15, 0.2) is 59.4 Å². The molecule has 2 rings (SSSR count). The zero-order chi connectivity index (χ0) is 12.3. The van der Waals surface area contributed by atoms with E-state index < -0.39 is 11.7 Å². The summed E-state index contributed by atoms with van der Waals surface area (Å²) in [6, 6.07) is 8.26. The van der Waals surface area contributed by atoms with Gasteiger partial charge in [-0.25, -0.2) is 0 Å². The molecule has 0 fully saturated rings. The van der Waals surface area contributed by atoms with Crippen molar-refractivity contribution in [2.24, 2.45) is 5.10 Å². The fourth-order valence-electron chi connectivity index (χ4n) is 1.47. The summed E-state index contributed by atoms with van der Waals surface area (Å²) < 4.78 is 38.5. The molecule has 17 heavy (non-hydrogen) atoms. The molecule has 0 amide bonds. The largest absolute Gasteiger partial charge is 0.418 e. The first-order valence-electron chi connectivity index (χ1n) is 4.92. The Morgan fingerprint density at radius 3 is 2.41 bits per heavy atom. The average Bonchev–Trinajstić information content (AvgIpc) is 2.54. The first-order chi connectivity index (χ1) is 8.09. The van der Waals surface area contributed by atoms with Crippen molar-refractivity contribution in [3.63, 3.8) is 0 Å². The SMILES string of the molecule is FC(F)(F)C1=CC=CNN=C1c1ccccc1. The molecule has 1 aliphatic rings. The molecule has 0 radical (unpaired) electrons. The lowest BCUT2D eigenvalue weighted by Gasteiger charge is -2.13. The second-order valence-electron chi connectivity index (χ2n) is 3.39. The van der Waals surface area contributed by atoms with E-state index in [1.54, 1.807) is 30.3 Å². The van der Waals surface area contributed by atoms with Crippen molar-refractivity contribution in [2.75, 3.05) is 0 Å². The van der Waals surface area contributed by atoms with Gasteiger partial charge < -0.3 is 0 Å². The van der Waals surface area contributed by atoms with E-state index in [0.29, 0.717) is 5.56 Å². The van der Waals surface area contributed by atoms with Crippen LogP contribution >= 0.6 is 0 Å². The van der Waals surface area contributed by atoms with Gasteiger partial charge in [-0.3, -0.25) is 5.43 Å². The third kappa shape index (κ3) is 2.55. The third-order valence-corrected chi connectivity index (χ3v) is 2.22. The Morgan fingerprint density at radius 2 is 1.76 bits per heavy atom. The van der Waals surface area contributed by atoms with Crippen molar-refractivity contribution in [2.45, 2.75) is 6.18 Å². The van der Waals surface area contributed by atoms with Crippen LogP contribution in [0.5, 0.6) is 0 Å². The lowest BCUT2D eigenvalue weighted by atomic mass is 10.0. The minimum atomic E-state index is -4.43. The highest BCUT2D eigenvalue weighted by atomic mass is 19.4. The van der Waals surface area contributed by atoms with E-state index >= 15 is 0 Å². The molecule has 1 N–H and O–H groups in total. The molecule has 0 aliphatic carbocycles. The van der Waals surface area contributed by atoms with Gasteiger partial charge in [0.25, 0.3) is 0 Å². The standard InChI is InChI=1S/C12H9F3N2/c13-12(14,15)10-7-4-8-16-17-11(10)9-5-2-1-3-6-9/h1-8,16H. The Labute approximate surface area is 96.1 Å². The molecular weight excluding hydrogens is 229 g/mol. The van der Waals surface area contributed by atoms with Gasteiger partial charge in [-0.2, -0.15) is 18.3 Å². The highest BCUT2D eigenvalue weighted by molar-refractivity contribution is 6.13. The summed E-state index contributed by atoms with van der Waals surface area (Å²) in [7, 11) is 0. The van der Waals surface area contributed by atoms with Gasteiger partial charge in [0.2, 0.25) is 0 Å². The Balaban J connectivity index is 2.48. The lowest BCUT2D eigenvalue weighted by Crippen LogP contribution is -2.21. The molecule has 0 atom stereocenters. The fraction of sp³-hybridized carbons (Fsp3) is 0.0833. The van der Waals surface area contributed by atoms with E-state index in [0.717, 1.165) is 6.08 Å². The molecule has 0 spiro atoms. The van der Waals surface area contributed by atoms with Gasteiger partial charge >= 0.3 is 6.18 Å². The number of hydrogen-bond acceptors (Lipinski definition) is 2. The van der Waals surface area contributed by atoms with Crippen LogP contribution < -0.4 is 5.43 Å². The number of rotatable bonds is 1. The predicted molar refractivity (Wildman–Crippen MR) is 59.4 cm³/mol. The van der Waals surface area contributed by atoms with Gasteiger partial charge in [-0.1, -0.05) is 30.3 Å². The number of hydrazone groups is 1. The number of halogens is 3. The van der Waals surface area contributed by atoms with Gasteiger partial charge in [0.05, 0.1) is 5.57 Å². The number of allylic oxidation sites excluding steroid dienone is 3. The number of hydrogen-bond donors (Lipinski definition) is 1. The summed E-state index contributed by atoms with van der Waals surface area (Å²) in [5.74, 6) is 0. The normalized spacial score (nSPS) is 15.7. The first-order valence-corrected chi connectivity index (χ1v) is 4.92. The van der Waals surface area contributed by atoms with Crippen LogP contribution in [0.2, 0.25) is 0 Å². The topological polar surface area (TPSA) is 24.4 Å². The second kappa shape index (κ2) is 4.45. The monoisotopic (exact) mass is 238 g/mol. The van der Waals surface area contributed by atoms with Gasteiger partial charge in [0, 0.05) is 11.8 Å². The Morgan fingerprint density at radius 1 is 1.06 bits per heavy atom. The Kier molecular flexibility index (Phi) is 2.99. The van der Waals surface area contributed by atoms with Crippen LogP contribution in [0.25, 0.3) is 0 Å². The number of nitrogens with one attached hydrogen (secondary N) is 1. The zero-order valence-electron chi connectivity index (χ0n) is 8.70. The van der Waals surface area contributed by atoms with Crippen molar-refractivity contribution in [1.82, 2.24) is 5.43 Å². The van der Waals surface area contributed by atoms with E-state index in [4.69, 9.17) is 0 Å². The molecule has 1 heterocycles. The van der Waals surface area contributed by atoms with E-state index in [1.165, 1.54) is 12.3 Å². The highest BCUT2D eigenvalue weighted by Gasteiger charge is 2.37. The Bertz CT molecular complexity index is 484. The summed E-state index contributed by atoms with van der Waals surface area (Å²) in [5.41, 5.74) is 2.01. The maximum atomic E-state index is 12.8. The molecule has 5 heteroatoms. The minimum absolute atomic E-state index is 0.108. The van der Waals surface area contributed by atoms with E-state index in [-0.39, 0.29) is 5.71 Å². The molecule has 1 aliphatic heterocycles. The lowest BCUT2D eigenvalue weighted by molar-refractivity contribution is -0.0860. The van der Waals surface area contributed by atoms with Crippen LogP contribution in [0.3, 0.4) is 0 Å². The van der Waals surface area contributed by atoms with Crippen molar-refractivity contribution in [1.29, 1.82) is 0 Å². The van der Waals surface area contributed by atoms with E-state index in [9.17, 15) is 13.2 Å². The maximum absolute atomic E-state index is 12.8. The number of nitrogens with zero attached hydrogens (tertiary/aromatic N) is 1. The number of benzene rings is 1. The molecule has 88 valence electrons. The van der Waals surface area contributed by atoms with Crippen molar-refractivity contribution in [3.05, 3.63) is 59.8 Å². The second-order valence-corrected chi connectivity index (χ2v) is 3.39. The number of alkyl halides is 3. The van der Waals surface area contributed by atoms with E-state index in [2.05, 4.69) is 10.5 Å². The van der Waals surface area contributed by atoms with Crippen LogP contribution in [0.1, 0.15) is 5.56 Å². The average molecular weight is 238 g/mol. The molecule has 0 saturated heterocycles. The molecule has 0 saturated carbocycles. The first kappa shape index (κ1) is 11.4. The minimum Gasteiger partial charge on any atom is -0.285 e. The molecule has 1 aromatic carbocycles. The highest BCUT2D eigenvalue weighted by Crippen LogP contribution is 2.29. The van der Waals surface area contributed by atoms with Crippen LogP contribution in [-0.4, -0.2) is 11.9 Å². The maximum Gasteiger partial charge on any atom is 0.418 e. The molecular formula is C12H9F3N2. The molecule has 0 aromatic heterocycles. The Hall–Kier alpha value is -2.04. The smallest absolute Gasteiger partial charge is 0.285 e. The summed E-state index contributed by atoms with van der Waals surface area (Å²) in [6.07, 6.45) is -0.791. The predicted octanol–water partition coefficient (Wildman–Crippen LogP) is 3.00. The van der Waals surface area contributed by atoms with Gasteiger partial charge in [-0.15, -0.1) is 0 Å². The third-order valence-electron chi connectivity index (χ3n) is 2.22. The van der Waals surface area contributed by atoms with Gasteiger partial charge in [-0.05, 0) is 12.2 Å². The van der Waals surface area contributed by atoms with Crippen molar-refractivity contribution in [3.8, 4) is 0 Å². The molecule has 2 nitrogen and oxygen atoms in total. The zero-order valence-corrected chi connectivity index (χ0v) is 8.70. The molecule has 0 bridgehead atoms. The summed E-state index contributed by atoms with van der Waals surface area (Å²) in [5, 5.41) is 3.73. The molecule has 0 unspecified atom stereocenters. The van der Waals surface area contributed by atoms with Crippen LogP contribution in [0.4, 0.5) is 13.2 Å². The quantitative estimate of drug-likeness (QED) is 0.799. The summed E-state index contributed by atoms with van der Waals surface area (Å²) >= 11 is 0. The van der Waals surface area contributed by atoms with Gasteiger partial charge in [0.15, 0.2) is 0 Å². The van der Waals surface area contributed by atoms with Crippen molar-refractivity contribution < 1.29 is 13.2 Å². The van der Waals surface area contributed by atoms with E-state index in [1.807, 2.05) is 0 Å².